The first kappa shape index (κ1) is 12.7. The fourth-order valence-corrected chi connectivity index (χ4v) is 3.71. The summed E-state index contributed by atoms with van der Waals surface area (Å²) in [5, 5.41) is 1.29. The normalized spacial score (nSPS) is 15.6. The van der Waals surface area contributed by atoms with Crippen molar-refractivity contribution in [1.29, 1.82) is 0 Å². The lowest BCUT2D eigenvalue weighted by Gasteiger charge is -2.36. The quantitative estimate of drug-likeness (QED) is 0.720. The average molecular weight is 295 g/mol. The summed E-state index contributed by atoms with van der Waals surface area (Å²) >= 11 is 1.60. The molecule has 0 amide bonds. The van der Waals surface area contributed by atoms with Gasteiger partial charge in [0.25, 0.3) is 0 Å². The van der Waals surface area contributed by atoms with E-state index in [1.165, 1.54) is 15.8 Å². The van der Waals surface area contributed by atoms with E-state index in [9.17, 15) is 0 Å². The second kappa shape index (κ2) is 5.37. The Morgan fingerprint density at radius 2 is 1.43 bits per heavy atom. The highest BCUT2D eigenvalue weighted by atomic mass is 32.1. The van der Waals surface area contributed by atoms with Gasteiger partial charge in [-0.15, -0.1) is 0 Å². The molecule has 0 saturated carbocycles. The van der Waals surface area contributed by atoms with E-state index in [1.807, 2.05) is 0 Å². The van der Waals surface area contributed by atoms with Gasteiger partial charge in [-0.3, -0.25) is 0 Å². The Hall–Kier alpha value is -2.07. The van der Waals surface area contributed by atoms with E-state index < -0.39 is 0 Å². The summed E-state index contributed by atoms with van der Waals surface area (Å²) in [7, 11) is 0. The van der Waals surface area contributed by atoms with E-state index in [0.717, 1.165) is 32.0 Å². The van der Waals surface area contributed by atoms with Crippen LogP contribution in [0.25, 0.3) is 10.1 Å². The third kappa shape index (κ3) is 2.36. The van der Waals surface area contributed by atoms with Crippen molar-refractivity contribution in [2.75, 3.05) is 36.0 Å². The van der Waals surface area contributed by atoms with Crippen LogP contribution in [0.15, 0.2) is 54.6 Å². The van der Waals surface area contributed by atoms with Crippen molar-refractivity contribution in [3.05, 3.63) is 54.6 Å². The van der Waals surface area contributed by atoms with E-state index >= 15 is 0 Å². The van der Waals surface area contributed by atoms with Gasteiger partial charge < -0.3 is 9.80 Å². The molecule has 0 bridgehead atoms. The Labute approximate surface area is 128 Å². The number of hydrogen-bond donors (Lipinski definition) is 0. The van der Waals surface area contributed by atoms with Crippen LogP contribution in [0.1, 0.15) is 0 Å². The number of nitrogens with zero attached hydrogens (tertiary/aromatic N) is 3. The van der Waals surface area contributed by atoms with Gasteiger partial charge in [-0.05, 0) is 35.8 Å². The fourth-order valence-electron chi connectivity index (χ4n) is 2.92. The number of anilines is 2. The molecule has 106 valence electrons. The van der Waals surface area contributed by atoms with Crippen LogP contribution < -0.4 is 9.80 Å². The SMILES string of the molecule is c1ccc(N2CCN(c3nsc4ccccc34)CC2)cc1. The molecule has 0 N–H and O–H groups in total. The summed E-state index contributed by atoms with van der Waals surface area (Å²) < 4.78 is 5.94. The summed E-state index contributed by atoms with van der Waals surface area (Å²) in [5.74, 6) is 1.16. The molecule has 0 radical (unpaired) electrons. The van der Waals surface area contributed by atoms with Crippen LogP contribution in [0.4, 0.5) is 11.5 Å². The maximum absolute atomic E-state index is 4.67. The lowest BCUT2D eigenvalue weighted by atomic mass is 10.2. The minimum absolute atomic E-state index is 1.03. The molecule has 0 unspecified atom stereocenters. The molecule has 3 aromatic rings. The van der Waals surface area contributed by atoms with Gasteiger partial charge in [0.15, 0.2) is 0 Å². The Kier molecular flexibility index (Phi) is 3.24. The van der Waals surface area contributed by atoms with Gasteiger partial charge in [0.2, 0.25) is 0 Å². The van der Waals surface area contributed by atoms with Crippen molar-refractivity contribution in [1.82, 2.24) is 4.37 Å². The van der Waals surface area contributed by atoms with Crippen molar-refractivity contribution in [3.8, 4) is 0 Å². The molecule has 1 aliphatic heterocycles. The highest BCUT2D eigenvalue weighted by Gasteiger charge is 2.20. The fraction of sp³-hybridized carbons (Fsp3) is 0.235. The Morgan fingerprint density at radius 3 is 2.24 bits per heavy atom. The number of para-hydroxylation sites is 1. The lowest BCUT2D eigenvalue weighted by Crippen LogP contribution is -2.46. The molecule has 4 heteroatoms. The largest absolute Gasteiger partial charge is 0.368 e. The van der Waals surface area contributed by atoms with Crippen LogP contribution in [-0.4, -0.2) is 30.6 Å². The Morgan fingerprint density at radius 1 is 0.762 bits per heavy atom. The molecule has 1 aliphatic rings. The van der Waals surface area contributed by atoms with Gasteiger partial charge in [-0.25, -0.2) is 0 Å². The smallest absolute Gasteiger partial charge is 0.150 e. The summed E-state index contributed by atoms with van der Waals surface area (Å²) in [6.07, 6.45) is 0. The average Bonchev–Trinajstić information content (AvgIpc) is 3.00. The van der Waals surface area contributed by atoms with Gasteiger partial charge in [-0.1, -0.05) is 30.3 Å². The molecule has 0 aliphatic carbocycles. The third-order valence-electron chi connectivity index (χ3n) is 4.06. The van der Waals surface area contributed by atoms with Crippen LogP contribution in [0, 0.1) is 0 Å². The second-order valence-electron chi connectivity index (χ2n) is 5.31. The summed E-state index contributed by atoms with van der Waals surface area (Å²) in [6, 6.07) is 19.2. The maximum Gasteiger partial charge on any atom is 0.150 e. The topological polar surface area (TPSA) is 19.4 Å². The zero-order chi connectivity index (χ0) is 14.1. The molecule has 2 heterocycles. The number of rotatable bonds is 2. The molecule has 1 aromatic heterocycles. The molecule has 1 fully saturated rings. The van der Waals surface area contributed by atoms with E-state index in [2.05, 4.69) is 68.8 Å². The van der Waals surface area contributed by atoms with Gasteiger partial charge in [0.1, 0.15) is 5.82 Å². The van der Waals surface area contributed by atoms with Crippen molar-refractivity contribution in [2.24, 2.45) is 0 Å². The zero-order valence-electron chi connectivity index (χ0n) is 11.8. The molecule has 2 aromatic carbocycles. The first-order chi connectivity index (χ1) is 10.4. The van der Waals surface area contributed by atoms with Crippen LogP contribution in [0.2, 0.25) is 0 Å². The standard InChI is InChI=1S/C17H17N3S/c1-2-6-14(7-3-1)19-10-12-20(13-11-19)17-15-8-4-5-9-16(15)21-18-17/h1-9H,10-13H2. The van der Waals surface area contributed by atoms with E-state index in [1.54, 1.807) is 11.5 Å². The maximum atomic E-state index is 4.67. The molecule has 1 saturated heterocycles. The molecule has 0 atom stereocenters. The zero-order valence-corrected chi connectivity index (χ0v) is 12.6. The summed E-state index contributed by atoms with van der Waals surface area (Å²) in [4.78, 5) is 4.86. The number of piperazine rings is 1. The van der Waals surface area contributed by atoms with Crippen molar-refractivity contribution < 1.29 is 0 Å². The highest BCUT2D eigenvalue weighted by Crippen LogP contribution is 2.30. The number of aromatic nitrogens is 1. The van der Waals surface area contributed by atoms with Crippen LogP contribution in [0.5, 0.6) is 0 Å². The minimum atomic E-state index is 1.03. The van der Waals surface area contributed by atoms with Crippen molar-refractivity contribution >= 4 is 33.1 Å². The van der Waals surface area contributed by atoms with Crippen molar-refractivity contribution in [2.45, 2.75) is 0 Å². The lowest BCUT2D eigenvalue weighted by molar-refractivity contribution is 0.651. The first-order valence-corrected chi connectivity index (χ1v) is 8.08. The second-order valence-corrected chi connectivity index (χ2v) is 6.12. The monoisotopic (exact) mass is 295 g/mol. The van der Waals surface area contributed by atoms with E-state index in [-0.39, 0.29) is 0 Å². The van der Waals surface area contributed by atoms with Gasteiger partial charge in [-0.2, -0.15) is 4.37 Å². The molecule has 3 nitrogen and oxygen atoms in total. The predicted octanol–water partition coefficient (Wildman–Crippen LogP) is 3.62. The predicted molar refractivity (Wildman–Crippen MR) is 90.5 cm³/mol. The Balaban J connectivity index is 1.53. The van der Waals surface area contributed by atoms with Crippen LogP contribution in [-0.2, 0) is 0 Å². The van der Waals surface area contributed by atoms with Gasteiger partial charge in [0, 0.05) is 37.3 Å². The van der Waals surface area contributed by atoms with Crippen LogP contribution >= 0.6 is 11.5 Å². The molecule has 0 spiro atoms. The van der Waals surface area contributed by atoms with Gasteiger partial charge >= 0.3 is 0 Å². The molecular formula is C17H17N3S. The summed E-state index contributed by atoms with van der Waals surface area (Å²) in [6.45, 7) is 4.16. The third-order valence-corrected chi connectivity index (χ3v) is 4.88. The number of hydrogen-bond acceptors (Lipinski definition) is 4. The highest BCUT2D eigenvalue weighted by molar-refractivity contribution is 7.13. The molecular weight excluding hydrogens is 278 g/mol. The van der Waals surface area contributed by atoms with Crippen molar-refractivity contribution in [3.63, 3.8) is 0 Å². The minimum Gasteiger partial charge on any atom is -0.368 e. The molecule has 21 heavy (non-hydrogen) atoms. The molecule has 4 rings (SSSR count). The number of benzene rings is 2. The number of fused-ring (bicyclic) bond motifs is 1. The van der Waals surface area contributed by atoms with E-state index in [0.29, 0.717) is 0 Å². The summed E-state index contributed by atoms with van der Waals surface area (Å²) in [5.41, 5.74) is 1.32. The Bertz CT molecular complexity index is 730. The van der Waals surface area contributed by atoms with Gasteiger partial charge in [0.05, 0.1) is 4.70 Å². The van der Waals surface area contributed by atoms with E-state index in [4.69, 9.17) is 0 Å². The first-order valence-electron chi connectivity index (χ1n) is 7.31. The van der Waals surface area contributed by atoms with Crippen LogP contribution in [0.3, 0.4) is 0 Å².